The van der Waals surface area contributed by atoms with Crippen LogP contribution in [0.4, 0.5) is 0 Å². The lowest BCUT2D eigenvalue weighted by Gasteiger charge is -2.10. The number of benzene rings is 2. The number of para-hydroxylation sites is 1. The maximum atomic E-state index is 11.8. The van der Waals surface area contributed by atoms with Gasteiger partial charge in [-0.15, -0.1) is 0 Å². The number of nitrogens with one attached hydrogen (secondary N) is 2. The molecule has 2 amide bonds. The maximum Gasteiger partial charge on any atom is 0.276 e. The molecule has 2 rings (SSSR count). The predicted molar refractivity (Wildman–Crippen MR) is 89.6 cm³/mol. The zero-order valence-electron chi connectivity index (χ0n) is 13.6. The van der Waals surface area contributed by atoms with Gasteiger partial charge in [-0.3, -0.25) is 20.4 Å². The van der Waals surface area contributed by atoms with Gasteiger partial charge < -0.3 is 9.47 Å². The molecule has 0 radical (unpaired) electrons. The molecule has 0 heterocycles. The summed E-state index contributed by atoms with van der Waals surface area (Å²) in [6.45, 7) is -0.321. The van der Waals surface area contributed by atoms with Gasteiger partial charge in [-0.05, 0) is 29.8 Å². The summed E-state index contributed by atoms with van der Waals surface area (Å²) >= 11 is 0. The molecule has 0 saturated carbocycles. The van der Waals surface area contributed by atoms with E-state index >= 15 is 0 Å². The number of amides is 2. The standard InChI is InChI=1S/C18H17N3O4/c1-24-15-7-4-5-13(9-15)10-17(22)20-21-18(23)12-25-16-8-3-2-6-14(16)11-19/h2-9H,10,12H2,1H3,(H,20,22)(H,21,23). The van der Waals surface area contributed by atoms with Crippen molar-refractivity contribution in [1.29, 1.82) is 5.26 Å². The fraction of sp³-hybridized carbons (Fsp3) is 0.167. The minimum absolute atomic E-state index is 0.0929. The molecular formula is C18H17N3O4. The molecule has 2 aromatic rings. The molecule has 0 atom stereocenters. The average Bonchev–Trinajstić information content (AvgIpc) is 2.65. The fourth-order valence-corrected chi connectivity index (χ4v) is 2.02. The number of ether oxygens (including phenoxy) is 2. The summed E-state index contributed by atoms with van der Waals surface area (Å²) in [5.74, 6) is 0.0486. The van der Waals surface area contributed by atoms with Crippen LogP contribution in [-0.4, -0.2) is 25.5 Å². The van der Waals surface area contributed by atoms with Crippen molar-refractivity contribution in [3.63, 3.8) is 0 Å². The first-order valence-corrected chi connectivity index (χ1v) is 7.45. The Hall–Kier alpha value is -3.53. The van der Waals surface area contributed by atoms with E-state index in [1.54, 1.807) is 55.6 Å². The first kappa shape index (κ1) is 17.8. The van der Waals surface area contributed by atoms with Gasteiger partial charge in [0.15, 0.2) is 6.61 Å². The molecule has 0 aliphatic carbocycles. The number of rotatable bonds is 6. The van der Waals surface area contributed by atoms with Crippen molar-refractivity contribution in [2.24, 2.45) is 0 Å². The van der Waals surface area contributed by atoms with Crippen LogP contribution in [0, 0.1) is 11.3 Å². The fourth-order valence-electron chi connectivity index (χ4n) is 2.02. The van der Waals surface area contributed by atoms with Crippen molar-refractivity contribution in [1.82, 2.24) is 10.9 Å². The number of hydrazine groups is 1. The second kappa shape index (κ2) is 8.93. The van der Waals surface area contributed by atoms with Crippen molar-refractivity contribution in [3.05, 3.63) is 59.7 Å². The van der Waals surface area contributed by atoms with Crippen LogP contribution in [0.25, 0.3) is 0 Å². The van der Waals surface area contributed by atoms with E-state index < -0.39 is 5.91 Å². The van der Waals surface area contributed by atoms with E-state index in [0.29, 0.717) is 17.1 Å². The highest BCUT2D eigenvalue weighted by atomic mass is 16.5. The number of carbonyl (C=O) groups excluding carboxylic acids is 2. The lowest BCUT2D eigenvalue weighted by atomic mass is 10.1. The van der Waals surface area contributed by atoms with Gasteiger partial charge in [-0.2, -0.15) is 5.26 Å². The third-order valence-corrected chi connectivity index (χ3v) is 3.21. The van der Waals surface area contributed by atoms with Crippen LogP contribution in [0.15, 0.2) is 48.5 Å². The molecule has 0 saturated heterocycles. The Morgan fingerprint density at radius 2 is 1.84 bits per heavy atom. The molecule has 25 heavy (non-hydrogen) atoms. The Balaban J connectivity index is 1.77. The molecule has 0 unspecified atom stereocenters. The van der Waals surface area contributed by atoms with E-state index in [-0.39, 0.29) is 18.9 Å². The smallest absolute Gasteiger partial charge is 0.276 e. The Labute approximate surface area is 145 Å². The summed E-state index contributed by atoms with van der Waals surface area (Å²) in [7, 11) is 1.55. The topological polar surface area (TPSA) is 100 Å². The lowest BCUT2D eigenvalue weighted by molar-refractivity contribution is -0.129. The van der Waals surface area contributed by atoms with Gasteiger partial charge in [-0.1, -0.05) is 24.3 Å². The molecule has 0 aliphatic rings. The Morgan fingerprint density at radius 1 is 1.08 bits per heavy atom. The zero-order chi connectivity index (χ0) is 18.1. The van der Waals surface area contributed by atoms with E-state index in [1.165, 1.54) is 0 Å². The Kier molecular flexibility index (Phi) is 6.37. The average molecular weight is 339 g/mol. The van der Waals surface area contributed by atoms with Crippen molar-refractivity contribution in [2.75, 3.05) is 13.7 Å². The van der Waals surface area contributed by atoms with Crippen LogP contribution < -0.4 is 20.3 Å². The minimum Gasteiger partial charge on any atom is -0.497 e. The molecule has 0 aliphatic heterocycles. The van der Waals surface area contributed by atoms with Crippen LogP contribution in [0.5, 0.6) is 11.5 Å². The van der Waals surface area contributed by atoms with E-state index in [1.807, 2.05) is 6.07 Å². The lowest BCUT2D eigenvalue weighted by Crippen LogP contribution is -2.44. The summed E-state index contributed by atoms with van der Waals surface area (Å²) in [4.78, 5) is 23.6. The van der Waals surface area contributed by atoms with Crippen molar-refractivity contribution < 1.29 is 19.1 Å². The van der Waals surface area contributed by atoms with E-state index in [0.717, 1.165) is 5.56 Å². The summed E-state index contributed by atoms with van der Waals surface area (Å²) in [6.07, 6.45) is 0.0929. The van der Waals surface area contributed by atoms with Crippen molar-refractivity contribution in [3.8, 4) is 17.6 Å². The molecule has 2 aromatic carbocycles. The third kappa shape index (κ3) is 5.55. The summed E-state index contributed by atoms with van der Waals surface area (Å²) in [5.41, 5.74) is 5.66. The normalized spacial score (nSPS) is 9.60. The molecule has 0 spiro atoms. The number of carbonyl (C=O) groups is 2. The molecule has 0 bridgehead atoms. The number of nitrogens with zero attached hydrogens (tertiary/aromatic N) is 1. The van der Waals surface area contributed by atoms with Crippen molar-refractivity contribution in [2.45, 2.75) is 6.42 Å². The van der Waals surface area contributed by atoms with Crippen LogP contribution >= 0.6 is 0 Å². The SMILES string of the molecule is COc1cccc(CC(=O)NNC(=O)COc2ccccc2C#N)c1. The second-order valence-electron chi connectivity index (χ2n) is 5.02. The highest BCUT2D eigenvalue weighted by Crippen LogP contribution is 2.16. The molecule has 2 N–H and O–H groups in total. The van der Waals surface area contributed by atoms with Crippen LogP contribution in [-0.2, 0) is 16.0 Å². The van der Waals surface area contributed by atoms with Crippen molar-refractivity contribution >= 4 is 11.8 Å². The highest BCUT2D eigenvalue weighted by molar-refractivity contribution is 5.83. The quantitative estimate of drug-likeness (QED) is 0.774. The van der Waals surface area contributed by atoms with Crippen LogP contribution in [0.1, 0.15) is 11.1 Å². The first-order chi connectivity index (χ1) is 12.1. The third-order valence-electron chi connectivity index (χ3n) is 3.21. The number of methoxy groups -OCH3 is 1. The Bertz CT molecular complexity index is 799. The molecule has 0 aromatic heterocycles. The summed E-state index contributed by atoms with van der Waals surface area (Å²) in [5, 5.41) is 8.94. The number of hydrogen-bond acceptors (Lipinski definition) is 5. The monoisotopic (exact) mass is 339 g/mol. The zero-order valence-corrected chi connectivity index (χ0v) is 13.6. The van der Waals surface area contributed by atoms with E-state index in [9.17, 15) is 9.59 Å². The van der Waals surface area contributed by atoms with Gasteiger partial charge in [0.2, 0.25) is 5.91 Å². The van der Waals surface area contributed by atoms with Gasteiger partial charge in [0.1, 0.15) is 17.6 Å². The van der Waals surface area contributed by atoms with E-state index in [4.69, 9.17) is 14.7 Å². The van der Waals surface area contributed by atoms with Crippen LogP contribution in [0.2, 0.25) is 0 Å². The molecule has 128 valence electrons. The largest absolute Gasteiger partial charge is 0.497 e. The maximum absolute atomic E-state index is 11.8. The number of hydrogen-bond donors (Lipinski definition) is 2. The highest BCUT2D eigenvalue weighted by Gasteiger charge is 2.08. The summed E-state index contributed by atoms with van der Waals surface area (Å²) < 4.78 is 10.4. The van der Waals surface area contributed by atoms with Gasteiger partial charge in [0, 0.05) is 0 Å². The van der Waals surface area contributed by atoms with Gasteiger partial charge >= 0.3 is 0 Å². The van der Waals surface area contributed by atoms with Gasteiger partial charge in [0.25, 0.3) is 5.91 Å². The number of nitriles is 1. The first-order valence-electron chi connectivity index (χ1n) is 7.45. The van der Waals surface area contributed by atoms with Gasteiger partial charge in [-0.25, -0.2) is 0 Å². The molecule has 7 nitrogen and oxygen atoms in total. The second-order valence-corrected chi connectivity index (χ2v) is 5.02. The summed E-state index contributed by atoms with van der Waals surface area (Å²) in [6, 6.07) is 15.6. The van der Waals surface area contributed by atoms with E-state index in [2.05, 4.69) is 10.9 Å². The van der Waals surface area contributed by atoms with Gasteiger partial charge in [0.05, 0.1) is 19.1 Å². The predicted octanol–water partition coefficient (Wildman–Crippen LogP) is 1.34. The molecular weight excluding hydrogens is 322 g/mol. The molecule has 0 fully saturated rings. The minimum atomic E-state index is -0.535. The molecule has 7 heteroatoms. The Morgan fingerprint density at radius 3 is 2.60 bits per heavy atom. The van der Waals surface area contributed by atoms with Crippen LogP contribution in [0.3, 0.4) is 0 Å².